The average Bonchev–Trinajstić information content (AvgIpc) is 2.52. The summed E-state index contributed by atoms with van der Waals surface area (Å²) in [7, 11) is 2.02. The van der Waals surface area contributed by atoms with Crippen molar-refractivity contribution in [1.82, 2.24) is 9.55 Å². The molecule has 0 fully saturated rings. The van der Waals surface area contributed by atoms with E-state index < -0.39 is 0 Å². The first-order valence-electron chi connectivity index (χ1n) is 5.24. The molecule has 0 radical (unpaired) electrons. The number of rotatable bonds is 0. The number of hydrogen-bond acceptors (Lipinski definition) is 1. The minimum Gasteiger partial charge on any atom is -0.342 e. The van der Waals surface area contributed by atoms with Crippen LogP contribution in [-0.4, -0.2) is 9.55 Å². The lowest BCUT2D eigenvalue weighted by Crippen LogP contribution is -2.01. The van der Waals surface area contributed by atoms with Crippen LogP contribution in [0.2, 0.25) is 0 Å². The minimum absolute atomic E-state index is 0.0550. The highest BCUT2D eigenvalue weighted by Crippen LogP contribution is 2.26. The molecule has 0 saturated carbocycles. The molecule has 1 N–H and O–H groups in total. The van der Waals surface area contributed by atoms with Gasteiger partial charge in [0.25, 0.3) is 0 Å². The molecule has 2 heterocycles. The standard InChI is InChI=1S/C13H12N2O/c1-8-3-4-9-10-6-13(16)14-7-12(10)15(2)11(9)5-8/h3-7H,1-2H3,(H,14,16). The van der Waals surface area contributed by atoms with Gasteiger partial charge in [0.05, 0.1) is 5.52 Å². The van der Waals surface area contributed by atoms with E-state index in [1.165, 1.54) is 5.56 Å². The van der Waals surface area contributed by atoms with Gasteiger partial charge in [0.1, 0.15) is 0 Å². The fourth-order valence-electron chi connectivity index (χ4n) is 2.23. The first-order chi connectivity index (χ1) is 7.66. The van der Waals surface area contributed by atoms with E-state index >= 15 is 0 Å². The number of aromatic nitrogens is 2. The molecule has 1 aromatic carbocycles. The van der Waals surface area contributed by atoms with Crippen molar-refractivity contribution in [2.75, 3.05) is 0 Å². The number of benzene rings is 1. The Morgan fingerprint density at radius 3 is 2.75 bits per heavy atom. The van der Waals surface area contributed by atoms with Gasteiger partial charge in [-0.1, -0.05) is 12.1 Å². The van der Waals surface area contributed by atoms with Gasteiger partial charge in [-0.3, -0.25) is 4.79 Å². The number of nitrogens with zero attached hydrogens (tertiary/aromatic N) is 1. The zero-order valence-corrected chi connectivity index (χ0v) is 9.24. The summed E-state index contributed by atoms with van der Waals surface area (Å²) in [4.78, 5) is 14.1. The normalized spacial score (nSPS) is 11.4. The van der Waals surface area contributed by atoms with Crippen molar-refractivity contribution >= 4 is 21.8 Å². The number of H-pyrrole nitrogens is 1. The van der Waals surface area contributed by atoms with Crippen molar-refractivity contribution in [1.29, 1.82) is 0 Å². The van der Waals surface area contributed by atoms with Crippen LogP contribution in [0.3, 0.4) is 0 Å². The molecule has 0 amide bonds. The summed E-state index contributed by atoms with van der Waals surface area (Å²) in [6.45, 7) is 2.07. The number of pyridine rings is 1. The summed E-state index contributed by atoms with van der Waals surface area (Å²) in [5, 5.41) is 2.15. The van der Waals surface area contributed by atoms with E-state index in [0.717, 1.165) is 21.8 Å². The predicted octanol–water partition coefficient (Wildman–Crippen LogP) is 2.33. The highest BCUT2D eigenvalue weighted by atomic mass is 16.1. The number of hydrogen-bond donors (Lipinski definition) is 1. The van der Waals surface area contributed by atoms with E-state index in [4.69, 9.17) is 0 Å². The number of aromatic amines is 1. The third kappa shape index (κ3) is 1.11. The molecule has 3 nitrogen and oxygen atoms in total. The molecule has 0 aliphatic carbocycles. The molecule has 80 valence electrons. The quantitative estimate of drug-likeness (QED) is 0.610. The van der Waals surface area contributed by atoms with Crippen LogP contribution in [0.4, 0.5) is 0 Å². The molecule has 2 aromatic heterocycles. The molecule has 0 saturated heterocycles. The van der Waals surface area contributed by atoms with Crippen molar-refractivity contribution in [2.24, 2.45) is 7.05 Å². The Morgan fingerprint density at radius 2 is 1.94 bits per heavy atom. The summed E-state index contributed by atoms with van der Waals surface area (Å²) in [6.07, 6.45) is 1.77. The van der Waals surface area contributed by atoms with Gasteiger partial charge in [-0.05, 0) is 18.6 Å². The van der Waals surface area contributed by atoms with Crippen molar-refractivity contribution in [2.45, 2.75) is 6.92 Å². The van der Waals surface area contributed by atoms with E-state index in [9.17, 15) is 4.79 Å². The van der Waals surface area contributed by atoms with Gasteiger partial charge in [-0.2, -0.15) is 0 Å². The van der Waals surface area contributed by atoms with E-state index in [1.54, 1.807) is 12.3 Å². The summed E-state index contributed by atoms with van der Waals surface area (Å²) in [5.74, 6) is 0. The molecule has 0 aliphatic rings. The van der Waals surface area contributed by atoms with Gasteiger partial charge in [0, 0.05) is 35.6 Å². The fourth-order valence-corrected chi connectivity index (χ4v) is 2.23. The van der Waals surface area contributed by atoms with Crippen LogP contribution in [0.5, 0.6) is 0 Å². The minimum atomic E-state index is -0.0550. The topological polar surface area (TPSA) is 37.8 Å². The van der Waals surface area contributed by atoms with E-state index in [1.807, 2.05) is 7.05 Å². The number of aryl methyl sites for hydroxylation is 2. The summed E-state index contributed by atoms with van der Waals surface area (Å²) >= 11 is 0. The second-order valence-corrected chi connectivity index (χ2v) is 4.18. The monoisotopic (exact) mass is 212 g/mol. The molecule has 0 aliphatic heterocycles. The van der Waals surface area contributed by atoms with Crippen molar-refractivity contribution < 1.29 is 0 Å². The Morgan fingerprint density at radius 1 is 1.12 bits per heavy atom. The SMILES string of the molecule is Cc1ccc2c3cc(=O)[nH]cc3n(C)c2c1. The molecule has 3 heteroatoms. The van der Waals surface area contributed by atoms with Gasteiger partial charge in [-0.25, -0.2) is 0 Å². The largest absolute Gasteiger partial charge is 0.342 e. The molecule has 3 aromatic rings. The van der Waals surface area contributed by atoms with Crippen LogP contribution < -0.4 is 5.56 Å². The Bertz CT molecular complexity index is 750. The van der Waals surface area contributed by atoms with Crippen LogP contribution in [0.25, 0.3) is 21.8 Å². The van der Waals surface area contributed by atoms with Crippen LogP contribution in [0.1, 0.15) is 5.56 Å². The summed E-state index contributed by atoms with van der Waals surface area (Å²) < 4.78 is 2.10. The van der Waals surface area contributed by atoms with E-state index in [2.05, 4.69) is 34.7 Å². The molecule has 0 spiro atoms. The Kier molecular flexibility index (Phi) is 1.72. The lowest BCUT2D eigenvalue weighted by molar-refractivity contribution is 1.01. The van der Waals surface area contributed by atoms with Crippen LogP contribution in [0.15, 0.2) is 35.3 Å². The summed E-state index contributed by atoms with van der Waals surface area (Å²) in [5.41, 5.74) is 3.39. The first-order valence-corrected chi connectivity index (χ1v) is 5.24. The molecule has 16 heavy (non-hydrogen) atoms. The molecule has 0 unspecified atom stereocenters. The number of fused-ring (bicyclic) bond motifs is 3. The smallest absolute Gasteiger partial charge is 0.248 e. The molecule has 0 bridgehead atoms. The maximum absolute atomic E-state index is 11.3. The van der Waals surface area contributed by atoms with Gasteiger partial charge in [0.2, 0.25) is 5.56 Å². The maximum Gasteiger partial charge on any atom is 0.248 e. The zero-order valence-electron chi connectivity index (χ0n) is 9.24. The second kappa shape index (κ2) is 2.98. The average molecular weight is 212 g/mol. The maximum atomic E-state index is 11.3. The van der Waals surface area contributed by atoms with Gasteiger partial charge in [0.15, 0.2) is 0 Å². The third-order valence-electron chi connectivity index (χ3n) is 3.07. The van der Waals surface area contributed by atoms with Crippen LogP contribution >= 0.6 is 0 Å². The number of nitrogens with one attached hydrogen (secondary N) is 1. The molecule has 3 rings (SSSR count). The molecule has 0 atom stereocenters. The fraction of sp³-hybridized carbons (Fsp3) is 0.154. The highest BCUT2D eigenvalue weighted by Gasteiger charge is 2.07. The second-order valence-electron chi connectivity index (χ2n) is 4.18. The molecular weight excluding hydrogens is 200 g/mol. The first kappa shape index (κ1) is 9.21. The zero-order chi connectivity index (χ0) is 11.3. The highest BCUT2D eigenvalue weighted by molar-refractivity contribution is 6.07. The van der Waals surface area contributed by atoms with Crippen molar-refractivity contribution in [3.8, 4) is 0 Å². The van der Waals surface area contributed by atoms with Crippen LogP contribution in [0, 0.1) is 6.92 Å². The van der Waals surface area contributed by atoms with Crippen molar-refractivity contribution in [3.63, 3.8) is 0 Å². The van der Waals surface area contributed by atoms with E-state index in [-0.39, 0.29) is 5.56 Å². The third-order valence-corrected chi connectivity index (χ3v) is 3.07. The lowest BCUT2D eigenvalue weighted by Gasteiger charge is -1.97. The predicted molar refractivity (Wildman–Crippen MR) is 65.8 cm³/mol. The Labute approximate surface area is 92.3 Å². The van der Waals surface area contributed by atoms with Gasteiger partial charge < -0.3 is 9.55 Å². The van der Waals surface area contributed by atoms with Crippen LogP contribution in [-0.2, 0) is 7.05 Å². The van der Waals surface area contributed by atoms with Gasteiger partial charge in [-0.15, -0.1) is 0 Å². The lowest BCUT2D eigenvalue weighted by atomic mass is 10.1. The van der Waals surface area contributed by atoms with Gasteiger partial charge >= 0.3 is 0 Å². The Hall–Kier alpha value is -2.03. The summed E-state index contributed by atoms with van der Waals surface area (Å²) in [6, 6.07) is 7.95. The Balaban J connectivity index is 2.64. The van der Waals surface area contributed by atoms with E-state index in [0.29, 0.717) is 0 Å². The molecular formula is C13H12N2O. The van der Waals surface area contributed by atoms with Crippen molar-refractivity contribution in [3.05, 3.63) is 46.4 Å².